The number of benzene rings is 1. The van der Waals surface area contributed by atoms with Crippen molar-refractivity contribution in [3.8, 4) is 0 Å². The van der Waals surface area contributed by atoms with Gasteiger partial charge in [-0.1, -0.05) is 38.1 Å². The monoisotopic (exact) mass is 203 g/mol. The first-order chi connectivity index (χ1) is 7.20. The third kappa shape index (κ3) is 2.65. The van der Waals surface area contributed by atoms with E-state index < -0.39 is 0 Å². The van der Waals surface area contributed by atoms with Gasteiger partial charge in [0.15, 0.2) is 0 Å². The lowest BCUT2D eigenvalue weighted by Gasteiger charge is -2.13. The van der Waals surface area contributed by atoms with Gasteiger partial charge in [-0.25, -0.2) is 0 Å². The Balaban J connectivity index is 3.17. The van der Waals surface area contributed by atoms with Gasteiger partial charge in [-0.15, -0.1) is 0 Å². The number of hydrazone groups is 1. The van der Waals surface area contributed by atoms with Crippen LogP contribution < -0.4 is 5.43 Å². The van der Waals surface area contributed by atoms with Crippen molar-refractivity contribution >= 4 is 12.6 Å². The normalized spacial score (nSPS) is 11.6. The van der Waals surface area contributed by atoms with Crippen molar-refractivity contribution in [3.05, 3.63) is 35.4 Å². The molecule has 1 aromatic rings. The van der Waals surface area contributed by atoms with Crippen molar-refractivity contribution < 1.29 is 0 Å². The molecule has 0 atom stereocenters. The SMILES string of the molecule is C=NNC(=NC)c1ccccc1C(C)C. The summed E-state index contributed by atoms with van der Waals surface area (Å²) in [5, 5.41) is 3.65. The number of amidine groups is 1. The van der Waals surface area contributed by atoms with E-state index >= 15 is 0 Å². The van der Waals surface area contributed by atoms with E-state index in [1.165, 1.54) is 5.56 Å². The second kappa shape index (κ2) is 5.29. The first-order valence-electron chi connectivity index (χ1n) is 4.98. The highest BCUT2D eigenvalue weighted by Crippen LogP contribution is 2.19. The quantitative estimate of drug-likeness (QED) is 0.457. The van der Waals surface area contributed by atoms with E-state index in [1.54, 1.807) is 7.05 Å². The molecule has 0 saturated heterocycles. The van der Waals surface area contributed by atoms with Crippen molar-refractivity contribution in [2.45, 2.75) is 19.8 Å². The molecule has 0 bridgehead atoms. The van der Waals surface area contributed by atoms with Gasteiger partial charge >= 0.3 is 0 Å². The summed E-state index contributed by atoms with van der Waals surface area (Å²) in [7, 11) is 1.74. The predicted molar refractivity (Wildman–Crippen MR) is 65.7 cm³/mol. The maximum absolute atomic E-state index is 4.16. The van der Waals surface area contributed by atoms with E-state index in [9.17, 15) is 0 Å². The van der Waals surface area contributed by atoms with E-state index in [1.807, 2.05) is 18.2 Å². The van der Waals surface area contributed by atoms with Crippen molar-refractivity contribution in [3.63, 3.8) is 0 Å². The molecule has 80 valence electrons. The molecule has 0 amide bonds. The molecular weight excluding hydrogens is 186 g/mol. The lowest BCUT2D eigenvalue weighted by molar-refractivity contribution is 0.860. The molecule has 1 N–H and O–H groups in total. The number of hydrogen-bond donors (Lipinski definition) is 1. The van der Waals surface area contributed by atoms with Crippen molar-refractivity contribution in [1.29, 1.82) is 0 Å². The average molecular weight is 203 g/mol. The fourth-order valence-corrected chi connectivity index (χ4v) is 1.52. The maximum atomic E-state index is 4.16. The fraction of sp³-hybridized carbons (Fsp3) is 0.333. The molecule has 0 radical (unpaired) electrons. The molecule has 15 heavy (non-hydrogen) atoms. The van der Waals surface area contributed by atoms with Crippen LogP contribution in [0.5, 0.6) is 0 Å². The van der Waals surface area contributed by atoms with Gasteiger partial charge in [-0.3, -0.25) is 10.4 Å². The highest BCUT2D eigenvalue weighted by molar-refractivity contribution is 6.00. The molecule has 0 fully saturated rings. The molecule has 0 aliphatic rings. The highest BCUT2D eigenvalue weighted by atomic mass is 15.3. The van der Waals surface area contributed by atoms with Crippen LogP contribution in [0.15, 0.2) is 34.4 Å². The Labute approximate surface area is 90.9 Å². The van der Waals surface area contributed by atoms with Crippen LogP contribution >= 0.6 is 0 Å². The van der Waals surface area contributed by atoms with Gasteiger partial charge in [-0.2, -0.15) is 5.10 Å². The molecule has 0 aromatic heterocycles. The minimum absolute atomic E-state index is 0.463. The van der Waals surface area contributed by atoms with Crippen LogP contribution in [0.4, 0.5) is 0 Å². The summed E-state index contributed by atoms with van der Waals surface area (Å²) in [4.78, 5) is 4.16. The average Bonchev–Trinajstić information content (AvgIpc) is 2.26. The summed E-state index contributed by atoms with van der Waals surface area (Å²) in [5.41, 5.74) is 5.15. The Morgan fingerprint density at radius 2 is 2.00 bits per heavy atom. The maximum Gasteiger partial charge on any atom is 0.148 e. The van der Waals surface area contributed by atoms with E-state index in [-0.39, 0.29) is 0 Å². The van der Waals surface area contributed by atoms with E-state index in [4.69, 9.17) is 0 Å². The second-order valence-corrected chi connectivity index (χ2v) is 3.58. The van der Waals surface area contributed by atoms with E-state index in [0.717, 1.165) is 11.4 Å². The number of hydrogen-bond acceptors (Lipinski definition) is 2. The zero-order valence-corrected chi connectivity index (χ0v) is 9.49. The van der Waals surface area contributed by atoms with Crippen molar-refractivity contribution in [1.82, 2.24) is 5.43 Å². The Bertz CT molecular complexity index is 367. The van der Waals surface area contributed by atoms with Gasteiger partial charge in [0, 0.05) is 19.3 Å². The Morgan fingerprint density at radius 1 is 1.33 bits per heavy atom. The van der Waals surface area contributed by atoms with E-state index in [2.05, 4.69) is 42.2 Å². The molecule has 0 heterocycles. The third-order valence-corrected chi connectivity index (χ3v) is 2.25. The molecule has 0 saturated carbocycles. The van der Waals surface area contributed by atoms with Crippen LogP contribution in [0.3, 0.4) is 0 Å². The number of nitrogens with one attached hydrogen (secondary N) is 1. The molecule has 0 aliphatic heterocycles. The van der Waals surface area contributed by atoms with Gasteiger partial charge in [-0.05, 0) is 11.5 Å². The molecule has 0 spiro atoms. The minimum atomic E-state index is 0.463. The summed E-state index contributed by atoms with van der Waals surface area (Å²) in [5.74, 6) is 1.22. The van der Waals surface area contributed by atoms with Gasteiger partial charge < -0.3 is 0 Å². The number of nitrogens with zero attached hydrogens (tertiary/aromatic N) is 2. The smallest absolute Gasteiger partial charge is 0.148 e. The van der Waals surface area contributed by atoms with Gasteiger partial charge in [0.05, 0.1) is 0 Å². The molecular formula is C12H17N3. The number of aliphatic imine (C=N–C) groups is 1. The summed E-state index contributed by atoms with van der Waals surface area (Å²) in [6, 6.07) is 8.18. The Kier molecular flexibility index (Phi) is 4.03. The molecule has 0 unspecified atom stereocenters. The van der Waals surface area contributed by atoms with Crippen LogP contribution in [0.25, 0.3) is 0 Å². The molecule has 3 nitrogen and oxygen atoms in total. The van der Waals surface area contributed by atoms with E-state index in [0.29, 0.717) is 5.92 Å². The van der Waals surface area contributed by atoms with Crippen molar-refractivity contribution in [2.75, 3.05) is 7.05 Å². The predicted octanol–water partition coefficient (Wildman–Crippen LogP) is 2.39. The Hall–Kier alpha value is -1.64. The first-order valence-corrected chi connectivity index (χ1v) is 4.98. The van der Waals surface area contributed by atoms with Crippen LogP contribution in [0.1, 0.15) is 30.9 Å². The van der Waals surface area contributed by atoms with Crippen LogP contribution in [-0.4, -0.2) is 19.6 Å². The van der Waals surface area contributed by atoms with Gasteiger partial charge in [0.2, 0.25) is 0 Å². The van der Waals surface area contributed by atoms with Gasteiger partial charge in [0.1, 0.15) is 5.84 Å². The molecule has 1 rings (SSSR count). The topological polar surface area (TPSA) is 36.8 Å². The zero-order chi connectivity index (χ0) is 11.3. The summed E-state index contributed by atoms with van der Waals surface area (Å²) in [6.45, 7) is 7.73. The summed E-state index contributed by atoms with van der Waals surface area (Å²) < 4.78 is 0. The van der Waals surface area contributed by atoms with Crippen LogP contribution in [0.2, 0.25) is 0 Å². The standard InChI is InChI=1S/C12H17N3/c1-9(2)10-7-5-6-8-11(10)12(13-3)15-14-4/h5-9H,4H2,1-3H3,(H,13,15). The zero-order valence-electron chi connectivity index (χ0n) is 9.49. The minimum Gasteiger partial charge on any atom is -0.270 e. The summed E-state index contributed by atoms with van der Waals surface area (Å²) in [6.07, 6.45) is 0. The van der Waals surface area contributed by atoms with Crippen molar-refractivity contribution in [2.24, 2.45) is 10.1 Å². The lowest BCUT2D eigenvalue weighted by Crippen LogP contribution is -2.20. The van der Waals surface area contributed by atoms with Crippen LogP contribution in [-0.2, 0) is 0 Å². The van der Waals surface area contributed by atoms with Gasteiger partial charge in [0.25, 0.3) is 0 Å². The summed E-state index contributed by atoms with van der Waals surface area (Å²) >= 11 is 0. The third-order valence-electron chi connectivity index (χ3n) is 2.25. The molecule has 0 aliphatic carbocycles. The molecule has 1 aromatic carbocycles. The highest BCUT2D eigenvalue weighted by Gasteiger charge is 2.09. The Morgan fingerprint density at radius 3 is 2.53 bits per heavy atom. The lowest BCUT2D eigenvalue weighted by atomic mass is 9.97. The molecule has 3 heteroatoms. The largest absolute Gasteiger partial charge is 0.270 e. The number of rotatable bonds is 3. The second-order valence-electron chi connectivity index (χ2n) is 3.58. The van der Waals surface area contributed by atoms with Crippen LogP contribution in [0, 0.1) is 0 Å². The first kappa shape index (κ1) is 11.4. The fourth-order valence-electron chi connectivity index (χ4n) is 1.52.